The van der Waals surface area contributed by atoms with Gasteiger partial charge in [0.1, 0.15) is 28.2 Å². The summed E-state index contributed by atoms with van der Waals surface area (Å²) in [5.74, 6) is -1.16. The first-order valence-electron chi connectivity index (χ1n) is 9.88. The minimum absolute atomic E-state index is 0.0646. The van der Waals surface area contributed by atoms with Gasteiger partial charge in [-0.2, -0.15) is 0 Å². The van der Waals surface area contributed by atoms with Crippen LogP contribution in [0.15, 0.2) is 63.9 Å². The van der Waals surface area contributed by atoms with Crippen molar-refractivity contribution in [3.8, 4) is 11.5 Å². The van der Waals surface area contributed by atoms with Gasteiger partial charge < -0.3 is 23.9 Å². The maximum atomic E-state index is 12.5. The highest BCUT2D eigenvalue weighted by molar-refractivity contribution is 7.89. The average Bonchev–Trinajstić information content (AvgIpc) is 3.18. The van der Waals surface area contributed by atoms with E-state index in [0.29, 0.717) is 22.6 Å². The summed E-state index contributed by atoms with van der Waals surface area (Å²) in [5, 5.41) is 9.45. The topological polar surface area (TPSA) is 147 Å². The van der Waals surface area contributed by atoms with E-state index in [1.807, 2.05) is 24.3 Å². The molecule has 10 nitrogen and oxygen atoms in total. The lowest BCUT2D eigenvalue weighted by Gasteiger charge is -2.12. The van der Waals surface area contributed by atoms with Crippen molar-refractivity contribution in [2.45, 2.75) is 4.90 Å². The number of primary sulfonamides is 1. The summed E-state index contributed by atoms with van der Waals surface area (Å²) in [6.45, 7) is -0.650. The normalized spacial score (nSPS) is 11.4. The Balaban J connectivity index is 1.52. The number of hydrogen-bond acceptors (Lipinski definition) is 8. The maximum absolute atomic E-state index is 12.5. The van der Waals surface area contributed by atoms with E-state index >= 15 is 0 Å². The third kappa shape index (κ3) is 4.51. The Labute approximate surface area is 194 Å². The molecule has 0 aliphatic heterocycles. The van der Waals surface area contributed by atoms with E-state index in [-0.39, 0.29) is 16.2 Å². The van der Waals surface area contributed by atoms with Crippen molar-refractivity contribution in [1.82, 2.24) is 0 Å². The first kappa shape index (κ1) is 23.1. The van der Waals surface area contributed by atoms with E-state index in [1.54, 1.807) is 12.1 Å². The standard InChI is InChI=1S/C23H20N2O8S/c1-30-18-8-7-13(34(24,28)29)9-16(18)23(27)32-12-22(26)25-17-11-20-15(10-21(17)31-2)14-5-3-4-6-19(14)33-20/h3-11H,12H2,1-2H3,(H,25,26)(H2,24,28,29). The molecule has 1 aromatic heterocycles. The number of furan rings is 1. The fourth-order valence-electron chi connectivity index (χ4n) is 3.44. The predicted octanol–water partition coefficient (Wildman–Crippen LogP) is 3.05. The van der Waals surface area contributed by atoms with Crippen LogP contribution in [0.3, 0.4) is 0 Å². The molecule has 0 saturated carbocycles. The summed E-state index contributed by atoms with van der Waals surface area (Å²) in [6.07, 6.45) is 0. The van der Waals surface area contributed by atoms with Gasteiger partial charge in [0.2, 0.25) is 10.0 Å². The molecule has 0 unspecified atom stereocenters. The highest BCUT2D eigenvalue weighted by atomic mass is 32.2. The molecule has 0 fully saturated rings. The predicted molar refractivity (Wildman–Crippen MR) is 124 cm³/mol. The summed E-state index contributed by atoms with van der Waals surface area (Å²) in [4.78, 5) is 24.7. The van der Waals surface area contributed by atoms with Gasteiger partial charge in [0.05, 0.1) is 24.8 Å². The lowest BCUT2D eigenvalue weighted by Crippen LogP contribution is -2.22. The molecule has 0 aliphatic rings. The van der Waals surface area contributed by atoms with E-state index in [9.17, 15) is 18.0 Å². The maximum Gasteiger partial charge on any atom is 0.342 e. The SMILES string of the molecule is COc1cc2c(cc1NC(=O)COC(=O)c1cc(S(N)(=O)=O)ccc1OC)oc1ccccc12. The van der Waals surface area contributed by atoms with E-state index in [2.05, 4.69) is 5.32 Å². The third-order valence-electron chi connectivity index (χ3n) is 5.03. The van der Waals surface area contributed by atoms with Crippen molar-refractivity contribution >= 4 is 49.5 Å². The molecule has 3 N–H and O–H groups in total. The molecule has 3 aromatic carbocycles. The number of benzene rings is 3. The molecule has 0 saturated heterocycles. The zero-order chi connectivity index (χ0) is 24.5. The number of carbonyl (C=O) groups excluding carboxylic acids is 2. The number of nitrogens with two attached hydrogens (primary N) is 1. The van der Waals surface area contributed by atoms with Crippen LogP contribution >= 0.6 is 0 Å². The minimum atomic E-state index is -4.06. The van der Waals surface area contributed by atoms with E-state index in [0.717, 1.165) is 16.8 Å². The first-order chi connectivity index (χ1) is 16.2. The zero-order valence-electron chi connectivity index (χ0n) is 18.2. The Morgan fingerprint density at radius 1 is 0.941 bits per heavy atom. The molecule has 34 heavy (non-hydrogen) atoms. The molecule has 1 heterocycles. The van der Waals surface area contributed by atoms with Crippen molar-refractivity contribution in [3.63, 3.8) is 0 Å². The van der Waals surface area contributed by atoms with Crippen LogP contribution in [-0.2, 0) is 19.6 Å². The average molecular weight is 484 g/mol. The number of fused-ring (bicyclic) bond motifs is 3. The fraction of sp³-hybridized carbons (Fsp3) is 0.130. The lowest BCUT2D eigenvalue weighted by molar-refractivity contribution is -0.119. The second-order valence-electron chi connectivity index (χ2n) is 7.18. The summed E-state index contributed by atoms with van der Waals surface area (Å²) in [6, 6.07) is 14.3. The largest absolute Gasteiger partial charge is 0.496 e. The Morgan fingerprint density at radius 3 is 2.38 bits per heavy atom. The van der Waals surface area contributed by atoms with Gasteiger partial charge in [-0.05, 0) is 30.3 Å². The van der Waals surface area contributed by atoms with Crippen molar-refractivity contribution in [2.75, 3.05) is 26.1 Å². The van der Waals surface area contributed by atoms with Crippen LogP contribution < -0.4 is 19.9 Å². The number of nitrogens with one attached hydrogen (secondary N) is 1. The van der Waals surface area contributed by atoms with E-state index in [1.165, 1.54) is 26.4 Å². The number of anilines is 1. The van der Waals surface area contributed by atoms with Gasteiger partial charge in [0, 0.05) is 16.8 Å². The van der Waals surface area contributed by atoms with Crippen LogP contribution in [0.5, 0.6) is 11.5 Å². The first-order valence-corrected chi connectivity index (χ1v) is 11.4. The smallest absolute Gasteiger partial charge is 0.342 e. The molecule has 0 atom stereocenters. The van der Waals surface area contributed by atoms with Crippen molar-refractivity contribution in [1.29, 1.82) is 0 Å². The number of esters is 1. The summed E-state index contributed by atoms with van der Waals surface area (Å²) in [5.41, 5.74) is 1.36. The number of methoxy groups -OCH3 is 2. The molecular formula is C23H20N2O8S. The Kier molecular flexibility index (Phi) is 6.14. The third-order valence-corrected chi connectivity index (χ3v) is 5.94. The summed E-state index contributed by atoms with van der Waals surface area (Å²) < 4.78 is 44.5. The van der Waals surface area contributed by atoms with Gasteiger partial charge in [0.15, 0.2) is 6.61 Å². The molecule has 0 aliphatic carbocycles. The van der Waals surface area contributed by atoms with Crippen molar-refractivity contribution in [2.24, 2.45) is 5.14 Å². The van der Waals surface area contributed by atoms with Gasteiger partial charge >= 0.3 is 5.97 Å². The lowest BCUT2D eigenvalue weighted by atomic mass is 10.1. The molecule has 4 aromatic rings. The van der Waals surface area contributed by atoms with Gasteiger partial charge in [0.25, 0.3) is 5.91 Å². The van der Waals surface area contributed by atoms with Crippen LogP contribution in [0.25, 0.3) is 21.9 Å². The van der Waals surface area contributed by atoms with Crippen LogP contribution in [-0.4, -0.2) is 41.1 Å². The number of rotatable bonds is 7. The molecule has 176 valence electrons. The highest BCUT2D eigenvalue weighted by Gasteiger charge is 2.20. The molecule has 0 radical (unpaired) electrons. The second-order valence-corrected chi connectivity index (χ2v) is 8.74. The summed E-state index contributed by atoms with van der Waals surface area (Å²) >= 11 is 0. The van der Waals surface area contributed by atoms with Crippen LogP contribution in [0, 0.1) is 0 Å². The number of hydrogen-bond donors (Lipinski definition) is 2. The molecule has 1 amide bonds. The molecule has 11 heteroatoms. The molecule has 0 bridgehead atoms. The number of amides is 1. The van der Waals surface area contributed by atoms with Gasteiger partial charge in [-0.15, -0.1) is 0 Å². The minimum Gasteiger partial charge on any atom is -0.496 e. The zero-order valence-corrected chi connectivity index (χ0v) is 19.0. The van der Waals surface area contributed by atoms with E-state index < -0.39 is 28.5 Å². The number of ether oxygens (including phenoxy) is 3. The van der Waals surface area contributed by atoms with Crippen molar-refractivity contribution < 1.29 is 36.6 Å². The molecular weight excluding hydrogens is 464 g/mol. The Morgan fingerprint density at radius 2 is 1.68 bits per heavy atom. The van der Waals surface area contributed by atoms with Crippen molar-refractivity contribution in [3.05, 3.63) is 60.2 Å². The number of para-hydroxylation sites is 1. The fourth-order valence-corrected chi connectivity index (χ4v) is 3.98. The monoisotopic (exact) mass is 484 g/mol. The van der Waals surface area contributed by atoms with Crippen LogP contribution in [0.2, 0.25) is 0 Å². The number of sulfonamides is 1. The molecule has 4 rings (SSSR count). The quantitative estimate of drug-likeness (QED) is 0.381. The van der Waals surface area contributed by atoms with Gasteiger partial charge in [-0.25, -0.2) is 18.4 Å². The highest BCUT2D eigenvalue weighted by Crippen LogP contribution is 2.36. The Bertz CT molecular complexity index is 1530. The van der Waals surface area contributed by atoms with Gasteiger partial charge in [-0.1, -0.05) is 18.2 Å². The number of carbonyl (C=O) groups is 2. The Hall–Kier alpha value is -4.09. The second kappa shape index (κ2) is 9.04. The van der Waals surface area contributed by atoms with E-state index in [4.69, 9.17) is 23.8 Å². The van der Waals surface area contributed by atoms with Crippen LogP contribution in [0.1, 0.15) is 10.4 Å². The van der Waals surface area contributed by atoms with Gasteiger partial charge in [-0.3, -0.25) is 4.79 Å². The van der Waals surface area contributed by atoms with Crippen LogP contribution in [0.4, 0.5) is 5.69 Å². The summed E-state index contributed by atoms with van der Waals surface area (Å²) in [7, 11) is -1.29. The molecule has 0 spiro atoms.